The molecule has 126 valence electrons. The Morgan fingerprint density at radius 1 is 1.17 bits per heavy atom. The van der Waals surface area contributed by atoms with E-state index in [2.05, 4.69) is 17.2 Å². The van der Waals surface area contributed by atoms with Crippen LogP contribution in [0.15, 0.2) is 36.5 Å². The Hall–Kier alpha value is -1.78. The topological polar surface area (TPSA) is 45.2 Å². The summed E-state index contributed by atoms with van der Waals surface area (Å²) in [4.78, 5) is 18.7. The Labute approximate surface area is 151 Å². The van der Waals surface area contributed by atoms with E-state index < -0.39 is 0 Å². The molecule has 0 saturated carbocycles. The van der Waals surface area contributed by atoms with Crippen molar-refractivity contribution in [2.45, 2.75) is 19.8 Å². The molecule has 1 aliphatic heterocycles. The zero-order chi connectivity index (χ0) is 17.1. The van der Waals surface area contributed by atoms with E-state index in [0.717, 1.165) is 25.9 Å². The number of piperidine rings is 1. The van der Waals surface area contributed by atoms with Crippen molar-refractivity contribution >= 4 is 40.6 Å². The predicted octanol–water partition coefficient (Wildman–Crippen LogP) is 5.00. The fraction of sp³-hybridized carbons (Fsp3) is 0.333. The Kier molecular flexibility index (Phi) is 5.27. The minimum absolute atomic E-state index is 0.0386. The molecule has 0 spiro atoms. The zero-order valence-corrected chi connectivity index (χ0v) is 14.9. The molecule has 6 heteroatoms. The number of nitrogens with zero attached hydrogens (tertiary/aromatic N) is 2. The van der Waals surface area contributed by atoms with Crippen LogP contribution in [0.4, 0.5) is 11.5 Å². The van der Waals surface area contributed by atoms with Gasteiger partial charge in [-0.05, 0) is 43.0 Å². The highest BCUT2D eigenvalue weighted by Gasteiger charge is 2.21. The van der Waals surface area contributed by atoms with E-state index in [1.807, 2.05) is 4.90 Å². The molecule has 24 heavy (non-hydrogen) atoms. The fourth-order valence-corrected chi connectivity index (χ4v) is 3.23. The van der Waals surface area contributed by atoms with Gasteiger partial charge in [0.1, 0.15) is 5.82 Å². The van der Waals surface area contributed by atoms with Crippen molar-refractivity contribution < 1.29 is 4.79 Å². The number of nitrogens with one attached hydrogen (secondary N) is 1. The largest absolute Gasteiger partial charge is 0.339 e. The molecule has 4 nitrogen and oxygen atoms in total. The van der Waals surface area contributed by atoms with Gasteiger partial charge in [-0.25, -0.2) is 4.98 Å². The van der Waals surface area contributed by atoms with Crippen molar-refractivity contribution in [3.05, 3.63) is 52.1 Å². The molecule has 3 rings (SSSR count). The van der Waals surface area contributed by atoms with Crippen LogP contribution < -0.4 is 5.32 Å². The lowest BCUT2D eigenvalue weighted by atomic mass is 9.99. The maximum Gasteiger partial charge on any atom is 0.255 e. The Balaban J connectivity index is 1.70. The molecule has 2 aromatic rings. The number of carbonyl (C=O) groups is 1. The standard InChI is InChI=1S/C18H19Cl2N3O/c1-12-7-9-23(10-8-12)18(24)13-5-6-16(21-11-13)22-17-14(19)3-2-4-15(17)20/h2-6,11-12H,7-10H2,1H3,(H,21,22). The first-order valence-electron chi connectivity index (χ1n) is 8.01. The van der Waals surface area contributed by atoms with Gasteiger partial charge in [0.15, 0.2) is 0 Å². The van der Waals surface area contributed by atoms with Gasteiger partial charge >= 0.3 is 0 Å². The van der Waals surface area contributed by atoms with Crippen LogP contribution in [0, 0.1) is 5.92 Å². The summed E-state index contributed by atoms with van der Waals surface area (Å²) >= 11 is 12.3. The third-order valence-electron chi connectivity index (χ3n) is 4.30. The molecule has 0 unspecified atom stereocenters. The summed E-state index contributed by atoms with van der Waals surface area (Å²) in [6, 6.07) is 8.83. The summed E-state index contributed by atoms with van der Waals surface area (Å²) in [5.41, 5.74) is 1.21. The molecule has 1 aromatic heterocycles. The molecule has 1 N–H and O–H groups in total. The third kappa shape index (κ3) is 3.82. The molecule has 1 fully saturated rings. The van der Waals surface area contributed by atoms with Crippen LogP contribution in [0.5, 0.6) is 0 Å². The van der Waals surface area contributed by atoms with E-state index in [4.69, 9.17) is 23.2 Å². The number of halogens is 2. The molecule has 1 saturated heterocycles. The molecule has 1 amide bonds. The summed E-state index contributed by atoms with van der Waals surface area (Å²) in [7, 11) is 0. The molecule has 0 bridgehead atoms. The van der Waals surface area contributed by atoms with Gasteiger partial charge in [-0.1, -0.05) is 36.2 Å². The van der Waals surface area contributed by atoms with Crippen molar-refractivity contribution in [2.24, 2.45) is 5.92 Å². The first-order chi connectivity index (χ1) is 11.5. The molecule has 0 atom stereocenters. The average Bonchev–Trinajstić information content (AvgIpc) is 2.59. The lowest BCUT2D eigenvalue weighted by Crippen LogP contribution is -2.37. The van der Waals surface area contributed by atoms with Gasteiger partial charge in [0.05, 0.1) is 21.3 Å². The predicted molar refractivity (Wildman–Crippen MR) is 98.3 cm³/mol. The number of para-hydroxylation sites is 1. The quantitative estimate of drug-likeness (QED) is 0.833. The summed E-state index contributed by atoms with van der Waals surface area (Å²) in [6.45, 7) is 3.86. The van der Waals surface area contributed by atoms with Crippen LogP contribution in [0.2, 0.25) is 10.0 Å². The lowest BCUT2D eigenvalue weighted by Gasteiger charge is -2.30. The second-order valence-electron chi connectivity index (χ2n) is 6.13. The van der Waals surface area contributed by atoms with Crippen molar-refractivity contribution in [3.63, 3.8) is 0 Å². The number of carbonyl (C=O) groups excluding carboxylic acids is 1. The van der Waals surface area contributed by atoms with Crippen molar-refractivity contribution in [1.82, 2.24) is 9.88 Å². The van der Waals surface area contributed by atoms with Gasteiger partial charge in [-0.15, -0.1) is 0 Å². The highest BCUT2D eigenvalue weighted by molar-refractivity contribution is 6.39. The second-order valence-corrected chi connectivity index (χ2v) is 6.94. The van der Waals surface area contributed by atoms with Crippen molar-refractivity contribution in [2.75, 3.05) is 18.4 Å². The number of rotatable bonds is 3. The smallest absolute Gasteiger partial charge is 0.255 e. The van der Waals surface area contributed by atoms with Gasteiger partial charge in [-0.2, -0.15) is 0 Å². The summed E-state index contributed by atoms with van der Waals surface area (Å²) in [6.07, 6.45) is 3.71. The number of amides is 1. The molecule has 0 aliphatic carbocycles. The van der Waals surface area contributed by atoms with Crippen LogP contribution in [0.3, 0.4) is 0 Å². The lowest BCUT2D eigenvalue weighted by molar-refractivity contribution is 0.0697. The first kappa shape index (κ1) is 17.1. The van der Waals surface area contributed by atoms with Crippen LogP contribution >= 0.6 is 23.2 Å². The minimum atomic E-state index is 0.0386. The molecule has 0 radical (unpaired) electrons. The molecule has 1 aliphatic rings. The van der Waals surface area contributed by atoms with Gasteiger partial charge in [0.25, 0.3) is 5.91 Å². The Morgan fingerprint density at radius 3 is 2.42 bits per heavy atom. The van der Waals surface area contributed by atoms with E-state index in [1.54, 1.807) is 36.5 Å². The summed E-state index contributed by atoms with van der Waals surface area (Å²) < 4.78 is 0. The maximum atomic E-state index is 12.5. The van der Waals surface area contributed by atoms with Crippen LogP contribution in [0.1, 0.15) is 30.1 Å². The number of anilines is 2. The van der Waals surface area contributed by atoms with Crippen molar-refractivity contribution in [3.8, 4) is 0 Å². The van der Waals surface area contributed by atoms with E-state index in [1.165, 1.54) is 0 Å². The first-order valence-corrected chi connectivity index (χ1v) is 8.76. The highest BCUT2D eigenvalue weighted by Crippen LogP contribution is 2.32. The summed E-state index contributed by atoms with van der Waals surface area (Å²) in [5, 5.41) is 4.13. The van der Waals surface area contributed by atoms with E-state index >= 15 is 0 Å². The molecular weight excluding hydrogens is 345 g/mol. The van der Waals surface area contributed by atoms with E-state index in [0.29, 0.717) is 33.0 Å². The van der Waals surface area contributed by atoms with E-state index in [9.17, 15) is 4.79 Å². The number of hydrogen-bond acceptors (Lipinski definition) is 3. The number of hydrogen-bond donors (Lipinski definition) is 1. The minimum Gasteiger partial charge on any atom is -0.339 e. The fourth-order valence-electron chi connectivity index (χ4n) is 2.73. The molecule has 2 heterocycles. The number of pyridine rings is 1. The number of aromatic nitrogens is 1. The summed E-state index contributed by atoms with van der Waals surface area (Å²) in [5.74, 6) is 1.32. The van der Waals surface area contributed by atoms with Gasteiger partial charge < -0.3 is 10.2 Å². The van der Waals surface area contributed by atoms with Crippen LogP contribution in [-0.4, -0.2) is 28.9 Å². The molecule has 1 aromatic carbocycles. The molecular formula is C18H19Cl2N3O. The number of benzene rings is 1. The average molecular weight is 364 g/mol. The maximum absolute atomic E-state index is 12.5. The number of likely N-dealkylation sites (tertiary alicyclic amines) is 1. The highest BCUT2D eigenvalue weighted by atomic mass is 35.5. The van der Waals surface area contributed by atoms with Crippen molar-refractivity contribution in [1.29, 1.82) is 0 Å². The van der Waals surface area contributed by atoms with Gasteiger partial charge in [-0.3, -0.25) is 4.79 Å². The van der Waals surface area contributed by atoms with Crippen LogP contribution in [-0.2, 0) is 0 Å². The van der Waals surface area contributed by atoms with E-state index in [-0.39, 0.29) is 5.91 Å². The Bertz CT molecular complexity index is 705. The monoisotopic (exact) mass is 363 g/mol. The second kappa shape index (κ2) is 7.41. The zero-order valence-electron chi connectivity index (χ0n) is 13.4. The van der Waals surface area contributed by atoms with Gasteiger partial charge in [0.2, 0.25) is 0 Å². The third-order valence-corrected chi connectivity index (χ3v) is 4.93. The normalized spacial score (nSPS) is 15.4. The van der Waals surface area contributed by atoms with Crippen LogP contribution in [0.25, 0.3) is 0 Å². The van der Waals surface area contributed by atoms with Gasteiger partial charge in [0, 0.05) is 19.3 Å². The Morgan fingerprint density at radius 2 is 1.83 bits per heavy atom. The SMILES string of the molecule is CC1CCN(C(=O)c2ccc(Nc3c(Cl)cccc3Cl)nc2)CC1.